The van der Waals surface area contributed by atoms with Gasteiger partial charge in [0, 0.05) is 5.56 Å². The lowest BCUT2D eigenvalue weighted by Crippen LogP contribution is -2.24. The highest BCUT2D eigenvalue weighted by Crippen LogP contribution is 2.29. The Labute approximate surface area is 166 Å². The van der Waals surface area contributed by atoms with Crippen molar-refractivity contribution in [3.8, 4) is 11.5 Å². The zero-order valence-electron chi connectivity index (χ0n) is 13.9. The van der Waals surface area contributed by atoms with Crippen LogP contribution < -0.4 is 20.5 Å². The van der Waals surface area contributed by atoms with Crippen LogP contribution in [0, 0.1) is 0 Å². The van der Waals surface area contributed by atoms with Crippen LogP contribution in [0.1, 0.15) is 12.5 Å². The van der Waals surface area contributed by atoms with Gasteiger partial charge in [-0.1, -0.05) is 30.3 Å². The van der Waals surface area contributed by atoms with Gasteiger partial charge in [-0.05, 0) is 25.1 Å². The molecule has 0 aliphatic carbocycles. The second-order valence-corrected chi connectivity index (χ2v) is 4.91. The highest BCUT2D eigenvalue weighted by molar-refractivity contribution is 14.0. The largest absolute Gasteiger partial charge is 0.573 e. The van der Waals surface area contributed by atoms with Gasteiger partial charge in [0.15, 0.2) is 11.7 Å². The van der Waals surface area contributed by atoms with E-state index < -0.39 is 6.36 Å². The number of guanidine groups is 1. The number of halogens is 4. The van der Waals surface area contributed by atoms with Gasteiger partial charge in [-0.2, -0.15) is 0 Å². The van der Waals surface area contributed by atoms with E-state index in [1.165, 1.54) is 18.2 Å². The van der Waals surface area contributed by atoms with E-state index in [0.717, 1.165) is 5.56 Å². The summed E-state index contributed by atoms with van der Waals surface area (Å²) in [6.45, 7) is 2.60. The fourth-order valence-corrected chi connectivity index (χ4v) is 2.06. The number of nitrogens with one attached hydrogen (secondary N) is 1. The molecule has 142 valence electrons. The molecule has 0 amide bonds. The molecule has 0 bridgehead atoms. The van der Waals surface area contributed by atoms with Crippen molar-refractivity contribution < 1.29 is 22.6 Å². The number of aliphatic imine (C=N–C) groups is 1. The summed E-state index contributed by atoms with van der Waals surface area (Å²) < 4.78 is 46.7. The minimum absolute atomic E-state index is 0. The third-order valence-electron chi connectivity index (χ3n) is 3.07. The van der Waals surface area contributed by atoms with Crippen LogP contribution in [0.5, 0.6) is 11.5 Å². The van der Waals surface area contributed by atoms with Gasteiger partial charge in [-0.25, -0.2) is 4.99 Å². The Morgan fingerprint density at radius 2 is 1.69 bits per heavy atom. The van der Waals surface area contributed by atoms with E-state index in [4.69, 9.17) is 10.5 Å². The number of hydrogen-bond acceptors (Lipinski definition) is 3. The smallest absolute Gasteiger partial charge is 0.494 e. The molecule has 0 radical (unpaired) electrons. The fourth-order valence-electron chi connectivity index (χ4n) is 2.06. The van der Waals surface area contributed by atoms with Gasteiger partial charge in [0.05, 0.1) is 18.8 Å². The summed E-state index contributed by atoms with van der Waals surface area (Å²) >= 11 is 0. The predicted octanol–water partition coefficient (Wildman–Crippen LogP) is 4.53. The third-order valence-corrected chi connectivity index (χ3v) is 3.07. The van der Waals surface area contributed by atoms with Crippen LogP contribution in [0.15, 0.2) is 53.5 Å². The minimum atomic E-state index is -4.79. The molecule has 26 heavy (non-hydrogen) atoms. The van der Waals surface area contributed by atoms with Gasteiger partial charge >= 0.3 is 6.36 Å². The molecule has 3 N–H and O–H groups in total. The van der Waals surface area contributed by atoms with Crippen molar-refractivity contribution in [2.75, 3.05) is 11.9 Å². The lowest BCUT2D eigenvalue weighted by Gasteiger charge is -2.14. The van der Waals surface area contributed by atoms with Crippen LogP contribution in [0.25, 0.3) is 0 Å². The molecule has 2 aromatic carbocycles. The zero-order valence-corrected chi connectivity index (χ0v) is 16.2. The Balaban J connectivity index is 0.00000338. The number of ether oxygens (including phenoxy) is 2. The van der Waals surface area contributed by atoms with Crippen molar-refractivity contribution in [3.05, 3.63) is 54.1 Å². The van der Waals surface area contributed by atoms with E-state index >= 15 is 0 Å². The number of para-hydroxylation sites is 3. The summed E-state index contributed by atoms with van der Waals surface area (Å²) in [5.74, 6) is 0.259. The lowest BCUT2D eigenvalue weighted by atomic mass is 10.2. The summed E-state index contributed by atoms with van der Waals surface area (Å²) in [6, 6.07) is 12.9. The van der Waals surface area contributed by atoms with E-state index in [2.05, 4.69) is 15.0 Å². The maximum absolute atomic E-state index is 12.4. The second-order valence-electron chi connectivity index (χ2n) is 4.91. The average Bonchev–Trinajstić information content (AvgIpc) is 2.55. The Kier molecular flexibility index (Phi) is 8.49. The molecule has 0 saturated carbocycles. The van der Waals surface area contributed by atoms with Crippen molar-refractivity contribution in [2.24, 2.45) is 10.7 Å². The third kappa shape index (κ3) is 6.98. The average molecular weight is 481 g/mol. The molecule has 2 rings (SSSR count). The van der Waals surface area contributed by atoms with E-state index in [9.17, 15) is 13.2 Å². The van der Waals surface area contributed by atoms with E-state index in [0.29, 0.717) is 12.4 Å². The highest BCUT2D eigenvalue weighted by atomic mass is 127. The van der Waals surface area contributed by atoms with Crippen LogP contribution in [-0.2, 0) is 6.54 Å². The second kappa shape index (κ2) is 10.1. The lowest BCUT2D eigenvalue weighted by molar-refractivity contribution is -0.274. The molecular weight excluding hydrogens is 462 g/mol. The highest BCUT2D eigenvalue weighted by Gasteiger charge is 2.32. The number of nitrogens with two attached hydrogens (primary N) is 1. The minimum Gasteiger partial charge on any atom is -0.494 e. The van der Waals surface area contributed by atoms with E-state index in [-0.39, 0.29) is 47.9 Å². The maximum Gasteiger partial charge on any atom is 0.573 e. The van der Waals surface area contributed by atoms with Crippen molar-refractivity contribution >= 4 is 35.6 Å². The molecule has 0 spiro atoms. The number of nitrogens with zero attached hydrogens (tertiary/aromatic N) is 1. The number of anilines is 1. The Morgan fingerprint density at radius 1 is 1.08 bits per heavy atom. The summed E-state index contributed by atoms with van der Waals surface area (Å²) in [4.78, 5) is 4.14. The van der Waals surface area contributed by atoms with Crippen molar-refractivity contribution in [2.45, 2.75) is 19.8 Å². The monoisotopic (exact) mass is 481 g/mol. The molecule has 0 aromatic heterocycles. The van der Waals surface area contributed by atoms with E-state index in [1.807, 2.05) is 31.2 Å². The first-order chi connectivity index (χ1) is 11.9. The van der Waals surface area contributed by atoms with Crippen molar-refractivity contribution in [3.63, 3.8) is 0 Å². The fraction of sp³-hybridized carbons (Fsp3) is 0.235. The molecule has 0 unspecified atom stereocenters. The molecule has 0 fully saturated rings. The SMILES string of the molecule is CCOc1ccccc1CN=C(N)Nc1ccccc1OC(F)(F)F.I. The molecule has 0 saturated heterocycles. The van der Waals surface area contributed by atoms with Crippen LogP contribution in [0.3, 0.4) is 0 Å². The first-order valence-corrected chi connectivity index (χ1v) is 7.51. The van der Waals surface area contributed by atoms with Gasteiger partial charge in [-0.15, -0.1) is 37.1 Å². The molecule has 0 aliphatic rings. The molecule has 0 heterocycles. The number of alkyl halides is 3. The Bertz CT molecular complexity index is 739. The van der Waals surface area contributed by atoms with Gasteiger partial charge in [0.1, 0.15) is 5.75 Å². The Morgan fingerprint density at radius 3 is 2.35 bits per heavy atom. The zero-order chi connectivity index (χ0) is 18.3. The molecular formula is C17H19F3IN3O2. The standard InChI is InChI=1S/C17H18F3N3O2.HI/c1-2-24-14-9-5-3-7-12(14)11-22-16(21)23-13-8-4-6-10-15(13)25-17(18,19)20;/h3-10H,2,11H2,1H3,(H3,21,22,23);1H. The van der Waals surface area contributed by atoms with Gasteiger partial charge in [-0.3, -0.25) is 0 Å². The van der Waals surface area contributed by atoms with Crippen LogP contribution in [0.2, 0.25) is 0 Å². The molecule has 0 atom stereocenters. The maximum atomic E-state index is 12.4. The molecule has 5 nitrogen and oxygen atoms in total. The van der Waals surface area contributed by atoms with E-state index in [1.54, 1.807) is 6.07 Å². The quantitative estimate of drug-likeness (QED) is 0.362. The summed E-state index contributed by atoms with van der Waals surface area (Å²) in [6.07, 6.45) is -4.79. The Hall–Kier alpha value is -2.17. The van der Waals surface area contributed by atoms with Gasteiger partial charge in [0.25, 0.3) is 0 Å². The van der Waals surface area contributed by atoms with Crippen LogP contribution in [-0.4, -0.2) is 18.9 Å². The van der Waals surface area contributed by atoms with Crippen molar-refractivity contribution in [1.82, 2.24) is 0 Å². The predicted molar refractivity (Wildman–Crippen MR) is 105 cm³/mol. The first kappa shape index (κ1) is 21.9. The number of benzene rings is 2. The number of hydrogen-bond donors (Lipinski definition) is 2. The molecule has 0 aliphatic heterocycles. The molecule has 2 aromatic rings. The summed E-state index contributed by atoms with van der Waals surface area (Å²) in [5.41, 5.74) is 6.65. The van der Waals surface area contributed by atoms with Gasteiger partial charge < -0.3 is 20.5 Å². The molecule has 9 heteroatoms. The normalized spacial score (nSPS) is 11.5. The summed E-state index contributed by atoms with van der Waals surface area (Å²) in [5, 5.41) is 2.62. The summed E-state index contributed by atoms with van der Waals surface area (Å²) in [7, 11) is 0. The first-order valence-electron chi connectivity index (χ1n) is 7.51. The number of rotatable bonds is 6. The van der Waals surface area contributed by atoms with Crippen LogP contribution in [0.4, 0.5) is 18.9 Å². The van der Waals surface area contributed by atoms with Gasteiger partial charge in [0.2, 0.25) is 0 Å². The topological polar surface area (TPSA) is 68.9 Å². The van der Waals surface area contributed by atoms with Crippen molar-refractivity contribution in [1.29, 1.82) is 0 Å². The van der Waals surface area contributed by atoms with Crippen LogP contribution >= 0.6 is 24.0 Å².